The van der Waals surface area contributed by atoms with Gasteiger partial charge < -0.3 is 34.5 Å². The van der Waals surface area contributed by atoms with Crippen LogP contribution in [0.2, 0.25) is 0 Å². The summed E-state index contributed by atoms with van der Waals surface area (Å²) in [5.41, 5.74) is 7.06. The average molecular weight is 608 g/mol. The Morgan fingerprint density at radius 2 is 1.98 bits per heavy atom. The number of sulfonamides is 1. The number of amides is 1. The Morgan fingerprint density at radius 3 is 2.52 bits per heavy atom. The summed E-state index contributed by atoms with van der Waals surface area (Å²) in [7, 11) is -8.29. The van der Waals surface area contributed by atoms with Gasteiger partial charge in [0.05, 0.1) is 30.6 Å². The quantitative estimate of drug-likeness (QED) is 0.215. The first-order valence-electron chi connectivity index (χ1n) is 13.0. The molecule has 0 spiro atoms. The van der Waals surface area contributed by atoms with Crippen LogP contribution in [0.25, 0.3) is 0 Å². The van der Waals surface area contributed by atoms with Gasteiger partial charge in [-0.05, 0) is 30.4 Å². The average Bonchev–Trinajstić information content (AvgIpc) is 3.35. The van der Waals surface area contributed by atoms with Gasteiger partial charge in [0.1, 0.15) is 13.7 Å². The van der Waals surface area contributed by atoms with Crippen LogP contribution in [-0.2, 0) is 35.0 Å². The van der Waals surface area contributed by atoms with Crippen LogP contribution in [0.3, 0.4) is 0 Å². The second-order valence-electron chi connectivity index (χ2n) is 10.3. The summed E-state index contributed by atoms with van der Waals surface area (Å²) in [6, 6.07) is 8.21. The van der Waals surface area contributed by atoms with Crippen molar-refractivity contribution in [1.82, 2.24) is 9.62 Å². The van der Waals surface area contributed by atoms with Crippen LogP contribution in [0.15, 0.2) is 54.3 Å². The van der Waals surface area contributed by atoms with Crippen molar-refractivity contribution in [3.05, 3.63) is 59.8 Å². The summed E-state index contributed by atoms with van der Waals surface area (Å²) in [5.74, 6) is -0.0675. The molecular weight excluding hydrogens is 568 g/mol. The molecule has 1 aliphatic carbocycles. The number of carbonyl (C=O) groups is 1. The number of carbonyl (C=O) groups excluding carboxylic acids is 1. The summed E-state index contributed by atoms with van der Waals surface area (Å²) in [6.07, 6.45) is 3.24. The second kappa shape index (κ2) is 15.9. The molecule has 0 bridgehead atoms. The van der Waals surface area contributed by atoms with Gasteiger partial charge in [-0.2, -0.15) is 4.31 Å². The molecule has 1 saturated heterocycles. The standard InChI is InChI=1S/C26H40N3O8PS.Na/c1-19(2)16-29(39(33,34)23-11-9-21(27)10-12-23)17-25(37-38(3,31)32)24(15-20-7-5-4-6-8-20)28-26(30)36-22-13-14-35-18-22;/h4-11,19,22-25H,12-18,27H2,1-3H3,(H,28,30)(H,31,32);/q;+1/p-1/t22-,23?,24-,25+;/m0./s1. The number of nitrogens with zero attached hydrogens (tertiary/aromatic N) is 1. The molecule has 3 N–H and O–H groups in total. The molecular formula is C26H39N3NaO8PS. The van der Waals surface area contributed by atoms with Gasteiger partial charge in [0.2, 0.25) is 10.0 Å². The summed E-state index contributed by atoms with van der Waals surface area (Å²) in [4.78, 5) is 25.3. The van der Waals surface area contributed by atoms with Crippen LogP contribution in [0, 0.1) is 5.92 Å². The van der Waals surface area contributed by atoms with Gasteiger partial charge in [-0.3, -0.25) is 0 Å². The van der Waals surface area contributed by atoms with Crippen LogP contribution in [0.4, 0.5) is 4.79 Å². The Morgan fingerprint density at radius 1 is 1.27 bits per heavy atom. The van der Waals surface area contributed by atoms with E-state index in [4.69, 9.17) is 19.7 Å². The van der Waals surface area contributed by atoms with Gasteiger partial charge in [0.25, 0.3) is 0 Å². The summed E-state index contributed by atoms with van der Waals surface area (Å²) in [5, 5.41) is 1.88. The molecule has 0 radical (unpaired) electrons. The number of rotatable bonds is 13. The Kier molecular flexibility index (Phi) is 13.9. The van der Waals surface area contributed by atoms with Crippen LogP contribution < -0.4 is 45.5 Å². The number of allylic oxidation sites excluding steroid dienone is 2. The normalized spacial score (nSPS) is 22.2. The Balaban J connectivity index is 0.00000560. The number of nitrogens with one attached hydrogen (secondary N) is 1. The first-order chi connectivity index (χ1) is 18.3. The van der Waals surface area contributed by atoms with E-state index in [-0.39, 0.29) is 68.0 Å². The summed E-state index contributed by atoms with van der Waals surface area (Å²) < 4.78 is 57.4. The summed E-state index contributed by atoms with van der Waals surface area (Å²) in [6.45, 7) is 5.24. The minimum atomic E-state index is -4.36. The molecule has 0 aromatic heterocycles. The first-order valence-corrected chi connectivity index (χ1v) is 16.5. The zero-order chi connectivity index (χ0) is 28.6. The summed E-state index contributed by atoms with van der Waals surface area (Å²) >= 11 is 0. The smallest absolute Gasteiger partial charge is 0.779 e. The molecule has 11 nitrogen and oxygen atoms in total. The van der Waals surface area contributed by atoms with Crippen LogP contribution in [0.1, 0.15) is 32.3 Å². The SMILES string of the molecule is CC(C)CN(C[C@@H](OP(C)(=O)[O-])[C@H](Cc1ccccc1)NC(=O)O[C@H]1CCOC1)S(=O)(=O)C1C=CC(N)=CC1.[Na+]. The number of benzene rings is 1. The molecule has 2 aliphatic rings. The topological polar surface area (TPSA) is 160 Å². The third-order valence-electron chi connectivity index (χ3n) is 6.32. The van der Waals surface area contributed by atoms with E-state index < -0.39 is 47.2 Å². The second-order valence-corrected chi connectivity index (χ2v) is 14.2. The van der Waals surface area contributed by atoms with Crippen LogP contribution in [-0.4, -0.2) is 75.3 Å². The minimum absolute atomic E-state index is 0. The van der Waals surface area contributed by atoms with Crippen molar-refractivity contribution in [2.75, 3.05) is 33.0 Å². The molecule has 1 aliphatic heterocycles. The van der Waals surface area contributed by atoms with E-state index in [2.05, 4.69) is 5.32 Å². The molecule has 1 aromatic carbocycles. The molecule has 1 amide bonds. The maximum absolute atomic E-state index is 13.7. The molecule has 2 unspecified atom stereocenters. The Bertz CT molecular complexity index is 1170. The molecule has 218 valence electrons. The van der Waals surface area contributed by atoms with Gasteiger partial charge >= 0.3 is 35.7 Å². The fraction of sp³-hybridized carbons (Fsp3) is 0.577. The van der Waals surface area contributed by atoms with Gasteiger partial charge in [-0.15, -0.1) is 0 Å². The molecule has 5 atom stereocenters. The third-order valence-corrected chi connectivity index (χ3v) is 9.11. The van der Waals surface area contributed by atoms with Crippen LogP contribution >= 0.6 is 7.60 Å². The first kappa shape index (κ1) is 35.0. The van der Waals surface area contributed by atoms with Crippen molar-refractivity contribution in [2.24, 2.45) is 11.7 Å². The van der Waals surface area contributed by atoms with Crippen molar-refractivity contribution in [1.29, 1.82) is 0 Å². The van der Waals surface area contributed by atoms with Gasteiger partial charge in [0, 0.05) is 31.9 Å². The van der Waals surface area contributed by atoms with Crippen molar-refractivity contribution >= 4 is 23.7 Å². The maximum atomic E-state index is 13.7. The van der Waals surface area contributed by atoms with E-state index in [9.17, 15) is 22.7 Å². The zero-order valence-corrected chi connectivity index (χ0v) is 27.3. The monoisotopic (exact) mass is 607 g/mol. The molecule has 1 heterocycles. The van der Waals surface area contributed by atoms with Crippen molar-refractivity contribution in [3.8, 4) is 0 Å². The number of hydrogen-bond donors (Lipinski definition) is 2. The zero-order valence-electron chi connectivity index (χ0n) is 23.6. The molecule has 3 rings (SSSR count). The predicted molar refractivity (Wildman–Crippen MR) is 146 cm³/mol. The van der Waals surface area contributed by atoms with E-state index in [0.29, 0.717) is 18.7 Å². The predicted octanol–water partition coefficient (Wildman–Crippen LogP) is -0.856. The third kappa shape index (κ3) is 11.2. The van der Waals surface area contributed by atoms with Gasteiger partial charge in [-0.1, -0.05) is 56.3 Å². The maximum Gasteiger partial charge on any atom is 1.00 e. The molecule has 0 saturated carbocycles. The van der Waals surface area contributed by atoms with Crippen LogP contribution in [0.5, 0.6) is 0 Å². The van der Waals surface area contributed by atoms with Crippen molar-refractivity contribution < 1.29 is 66.2 Å². The fourth-order valence-electron chi connectivity index (χ4n) is 4.49. The largest absolute Gasteiger partial charge is 1.00 e. The van der Waals surface area contributed by atoms with E-state index in [1.807, 2.05) is 44.2 Å². The minimum Gasteiger partial charge on any atom is -0.779 e. The Labute approximate surface area is 259 Å². The number of alkyl carbamates (subject to hydrolysis) is 1. The van der Waals surface area contributed by atoms with Gasteiger partial charge in [-0.25, -0.2) is 13.2 Å². The van der Waals surface area contributed by atoms with E-state index in [1.54, 1.807) is 12.2 Å². The fourth-order valence-corrected chi connectivity index (χ4v) is 7.05. The number of nitrogens with two attached hydrogens (primary N) is 1. The number of hydrogen-bond acceptors (Lipinski definition) is 9. The van der Waals surface area contributed by atoms with E-state index >= 15 is 0 Å². The number of ether oxygens (including phenoxy) is 2. The molecule has 40 heavy (non-hydrogen) atoms. The molecule has 1 aromatic rings. The van der Waals surface area contributed by atoms with Gasteiger partial charge in [0.15, 0.2) is 0 Å². The Hall–Kier alpha value is -1.21. The molecule has 14 heteroatoms. The van der Waals surface area contributed by atoms with E-state index in [0.717, 1.165) is 12.2 Å². The molecule has 1 fully saturated rings. The van der Waals surface area contributed by atoms with Crippen molar-refractivity contribution in [3.63, 3.8) is 0 Å². The van der Waals surface area contributed by atoms with Crippen molar-refractivity contribution in [2.45, 2.75) is 56.6 Å². The van der Waals surface area contributed by atoms with E-state index in [1.165, 1.54) is 10.4 Å².